The molecule has 0 atom stereocenters. The van der Waals surface area contributed by atoms with Crippen LogP contribution in [0.4, 0.5) is 0 Å². The van der Waals surface area contributed by atoms with Crippen molar-refractivity contribution in [3.63, 3.8) is 0 Å². The van der Waals surface area contributed by atoms with Gasteiger partial charge in [0.25, 0.3) is 8.48 Å². The first-order chi connectivity index (χ1) is 5.17. The zero-order valence-electron chi connectivity index (χ0n) is 7.68. The summed E-state index contributed by atoms with van der Waals surface area (Å²) in [6.45, 7) is 9.01. The van der Waals surface area contributed by atoms with Gasteiger partial charge in [-0.3, -0.25) is 0 Å². The predicted molar refractivity (Wildman–Crippen MR) is 48.9 cm³/mol. The Morgan fingerprint density at radius 1 is 1.27 bits per heavy atom. The van der Waals surface area contributed by atoms with E-state index in [1.807, 2.05) is 7.11 Å². The molecule has 1 aliphatic rings. The van der Waals surface area contributed by atoms with Gasteiger partial charge >= 0.3 is 0 Å². The molecule has 0 saturated carbocycles. The summed E-state index contributed by atoms with van der Waals surface area (Å²) in [6, 6.07) is 0. The van der Waals surface area contributed by atoms with Gasteiger partial charge in [-0.15, -0.1) is 0 Å². The van der Waals surface area contributed by atoms with E-state index < -0.39 is 8.48 Å². The lowest BCUT2D eigenvalue weighted by Gasteiger charge is -2.37. The van der Waals surface area contributed by atoms with Gasteiger partial charge in [0.1, 0.15) is 0 Å². The van der Waals surface area contributed by atoms with Gasteiger partial charge in [-0.2, -0.15) is 0 Å². The molecule has 4 heteroatoms. The Labute approximate surface area is 69.9 Å². The standard InChI is InChI=1S/C7H18N2OSi/c1-10-11(2,3)9-6-4-8-5-7-9/h8H,4-7H2,1-3H3. The van der Waals surface area contributed by atoms with E-state index in [2.05, 4.69) is 23.0 Å². The maximum atomic E-state index is 5.51. The Balaban J connectivity index is 2.43. The van der Waals surface area contributed by atoms with Crippen molar-refractivity contribution in [2.45, 2.75) is 13.1 Å². The Hall–Kier alpha value is 0.0969. The van der Waals surface area contributed by atoms with E-state index in [1.54, 1.807) is 0 Å². The van der Waals surface area contributed by atoms with E-state index in [0.29, 0.717) is 0 Å². The molecule has 66 valence electrons. The number of hydrogen-bond acceptors (Lipinski definition) is 3. The Bertz CT molecular complexity index is 124. The summed E-state index contributed by atoms with van der Waals surface area (Å²) in [7, 11) is 0.345. The topological polar surface area (TPSA) is 24.5 Å². The van der Waals surface area contributed by atoms with E-state index >= 15 is 0 Å². The highest BCUT2D eigenvalue weighted by molar-refractivity contribution is 6.68. The summed E-state index contributed by atoms with van der Waals surface area (Å²) in [5.74, 6) is 0. The number of nitrogens with zero attached hydrogens (tertiary/aromatic N) is 1. The van der Waals surface area contributed by atoms with Crippen LogP contribution in [0.15, 0.2) is 0 Å². The molecular weight excluding hydrogens is 156 g/mol. The fraction of sp³-hybridized carbons (Fsp3) is 1.00. The summed E-state index contributed by atoms with van der Waals surface area (Å²) in [6.07, 6.45) is 0. The molecule has 0 aromatic rings. The second-order valence-electron chi connectivity index (χ2n) is 3.39. The van der Waals surface area contributed by atoms with Crippen molar-refractivity contribution in [2.75, 3.05) is 33.3 Å². The Kier molecular flexibility index (Phi) is 3.06. The summed E-state index contributed by atoms with van der Waals surface area (Å²) >= 11 is 0. The van der Waals surface area contributed by atoms with E-state index in [-0.39, 0.29) is 0 Å². The third-order valence-corrected chi connectivity index (χ3v) is 5.35. The molecule has 1 fully saturated rings. The second kappa shape index (κ2) is 3.67. The highest BCUT2D eigenvalue weighted by atomic mass is 28.4. The lowest BCUT2D eigenvalue weighted by Crippen LogP contribution is -2.57. The van der Waals surface area contributed by atoms with Crippen LogP contribution >= 0.6 is 0 Å². The molecule has 0 aromatic carbocycles. The number of piperazine rings is 1. The molecule has 1 heterocycles. The summed E-state index contributed by atoms with van der Waals surface area (Å²) < 4.78 is 8.00. The molecule has 1 rings (SSSR count). The van der Waals surface area contributed by atoms with Crippen molar-refractivity contribution in [1.29, 1.82) is 0 Å². The lowest BCUT2D eigenvalue weighted by molar-refractivity contribution is 0.271. The molecule has 0 radical (unpaired) electrons. The van der Waals surface area contributed by atoms with Crippen LogP contribution in [0.25, 0.3) is 0 Å². The molecule has 0 aliphatic carbocycles. The smallest absolute Gasteiger partial charge is 0.264 e. The fourth-order valence-electron chi connectivity index (χ4n) is 1.33. The van der Waals surface area contributed by atoms with Gasteiger partial charge in [0, 0.05) is 33.3 Å². The molecule has 3 nitrogen and oxygen atoms in total. The minimum atomic E-state index is -1.48. The van der Waals surface area contributed by atoms with Crippen LogP contribution < -0.4 is 5.32 Å². The second-order valence-corrected chi connectivity index (χ2v) is 7.32. The quantitative estimate of drug-likeness (QED) is 0.607. The van der Waals surface area contributed by atoms with Crippen LogP contribution in [-0.4, -0.2) is 46.3 Å². The number of hydrogen-bond donors (Lipinski definition) is 1. The van der Waals surface area contributed by atoms with Crippen molar-refractivity contribution in [3.8, 4) is 0 Å². The lowest BCUT2D eigenvalue weighted by atomic mass is 10.4. The van der Waals surface area contributed by atoms with Crippen molar-refractivity contribution in [3.05, 3.63) is 0 Å². The minimum absolute atomic E-state index is 1.11. The zero-order chi connectivity index (χ0) is 8.32. The molecule has 1 aliphatic heterocycles. The summed E-state index contributed by atoms with van der Waals surface area (Å²) in [5, 5.41) is 3.34. The van der Waals surface area contributed by atoms with Crippen LogP contribution in [0.2, 0.25) is 13.1 Å². The van der Waals surface area contributed by atoms with Crippen LogP contribution in [0, 0.1) is 0 Å². The van der Waals surface area contributed by atoms with Gasteiger partial charge in [-0.25, -0.2) is 0 Å². The van der Waals surface area contributed by atoms with Crippen molar-refractivity contribution in [2.24, 2.45) is 0 Å². The minimum Gasteiger partial charge on any atom is -0.406 e. The monoisotopic (exact) mass is 174 g/mol. The third kappa shape index (κ3) is 2.26. The van der Waals surface area contributed by atoms with Gasteiger partial charge in [-0.1, -0.05) is 0 Å². The van der Waals surface area contributed by atoms with Gasteiger partial charge in [0.15, 0.2) is 0 Å². The molecule has 1 saturated heterocycles. The molecule has 0 spiro atoms. The molecule has 1 N–H and O–H groups in total. The van der Waals surface area contributed by atoms with Gasteiger partial charge < -0.3 is 14.3 Å². The maximum absolute atomic E-state index is 5.51. The van der Waals surface area contributed by atoms with Gasteiger partial charge in [0.2, 0.25) is 0 Å². The van der Waals surface area contributed by atoms with Crippen LogP contribution in [0.1, 0.15) is 0 Å². The van der Waals surface area contributed by atoms with Crippen LogP contribution in [-0.2, 0) is 4.43 Å². The molecule has 0 amide bonds. The van der Waals surface area contributed by atoms with E-state index in [4.69, 9.17) is 4.43 Å². The maximum Gasteiger partial charge on any atom is 0.264 e. The molecule has 11 heavy (non-hydrogen) atoms. The average molecular weight is 174 g/mol. The predicted octanol–water partition coefficient (Wildman–Crippen LogP) is 0.240. The normalized spacial score (nSPS) is 22.1. The Morgan fingerprint density at radius 2 is 1.82 bits per heavy atom. The first kappa shape index (κ1) is 9.19. The molecule has 0 aromatic heterocycles. The van der Waals surface area contributed by atoms with Crippen molar-refractivity contribution in [1.82, 2.24) is 9.88 Å². The van der Waals surface area contributed by atoms with Gasteiger partial charge in [-0.05, 0) is 13.1 Å². The van der Waals surface area contributed by atoms with Crippen molar-refractivity contribution < 1.29 is 4.43 Å². The summed E-state index contributed by atoms with van der Waals surface area (Å²) in [4.78, 5) is 0. The zero-order valence-corrected chi connectivity index (χ0v) is 8.68. The first-order valence-corrected chi connectivity index (χ1v) is 7.03. The first-order valence-electron chi connectivity index (χ1n) is 4.18. The van der Waals surface area contributed by atoms with Gasteiger partial charge in [0.05, 0.1) is 0 Å². The fourth-order valence-corrected chi connectivity index (χ4v) is 2.89. The van der Waals surface area contributed by atoms with E-state index in [1.165, 1.54) is 0 Å². The highest BCUT2D eigenvalue weighted by Crippen LogP contribution is 2.10. The van der Waals surface area contributed by atoms with E-state index in [9.17, 15) is 0 Å². The molecular formula is C7H18N2OSi. The largest absolute Gasteiger partial charge is 0.406 e. The molecule has 0 unspecified atom stereocenters. The molecule has 0 bridgehead atoms. The highest BCUT2D eigenvalue weighted by Gasteiger charge is 2.30. The number of nitrogens with one attached hydrogen (secondary N) is 1. The van der Waals surface area contributed by atoms with E-state index in [0.717, 1.165) is 26.2 Å². The SMILES string of the molecule is CO[Si](C)(C)N1CCNCC1. The number of rotatable bonds is 2. The van der Waals surface area contributed by atoms with Crippen LogP contribution in [0.3, 0.4) is 0 Å². The van der Waals surface area contributed by atoms with Crippen molar-refractivity contribution >= 4 is 8.48 Å². The average Bonchev–Trinajstić information content (AvgIpc) is 2.06. The van der Waals surface area contributed by atoms with Crippen LogP contribution in [0.5, 0.6) is 0 Å². The Morgan fingerprint density at radius 3 is 2.27 bits per heavy atom. The summed E-state index contributed by atoms with van der Waals surface area (Å²) in [5.41, 5.74) is 0. The third-order valence-electron chi connectivity index (χ3n) is 2.38.